The van der Waals surface area contributed by atoms with Gasteiger partial charge in [-0.1, -0.05) is 23.2 Å². The first kappa shape index (κ1) is 13.5. The lowest BCUT2D eigenvalue weighted by Crippen LogP contribution is -2.37. The van der Waals surface area contributed by atoms with Crippen LogP contribution in [0.4, 0.5) is 4.79 Å². The second-order valence-corrected chi connectivity index (χ2v) is 5.62. The third-order valence-corrected chi connectivity index (χ3v) is 3.52. The zero-order valence-corrected chi connectivity index (χ0v) is 12.0. The predicted molar refractivity (Wildman–Crippen MR) is 72.1 cm³/mol. The van der Waals surface area contributed by atoms with Gasteiger partial charge < -0.3 is 4.74 Å². The molecule has 1 amide bonds. The average Bonchev–Trinajstić information content (AvgIpc) is 2.52. The molecule has 18 heavy (non-hydrogen) atoms. The average molecular weight is 288 g/mol. The number of rotatable bonds is 2. The second kappa shape index (κ2) is 4.98. The molecule has 0 saturated carbocycles. The smallest absolute Gasteiger partial charge is 0.411 e. The maximum Gasteiger partial charge on any atom is 0.411 e. The summed E-state index contributed by atoms with van der Waals surface area (Å²) < 4.78 is 5.41. The Morgan fingerprint density at radius 3 is 2.22 bits per heavy atom. The second-order valence-electron chi connectivity index (χ2n) is 4.75. The largest absolute Gasteiger partial charge is 0.439 e. The Morgan fingerprint density at radius 1 is 1.22 bits per heavy atom. The zero-order valence-electron chi connectivity index (χ0n) is 10.5. The summed E-state index contributed by atoms with van der Waals surface area (Å²) in [5.41, 5.74) is 0.830. The van der Waals surface area contributed by atoms with Crippen molar-refractivity contribution in [3.63, 3.8) is 0 Å². The minimum Gasteiger partial charge on any atom is -0.439 e. The van der Waals surface area contributed by atoms with Gasteiger partial charge in [0.05, 0.1) is 6.04 Å². The zero-order chi connectivity index (χ0) is 13.4. The predicted octanol–water partition coefficient (Wildman–Crippen LogP) is 4.28. The molecule has 1 saturated heterocycles. The van der Waals surface area contributed by atoms with Crippen molar-refractivity contribution in [2.45, 2.75) is 39.0 Å². The van der Waals surface area contributed by atoms with E-state index in [1.165, 1.54) is 0 Å². The van der Waals surface area contributed by atoms with Crippen molar-refractivity contribution in [1.82, 2.24) is 4.90 Å². The summed E-state index contributed by atoms with van der Waals surface area (Å²) in [7, 11) is 0. The summed E-state index contributed by atoms with van der Waals surface area (Å²) in [6, 6.07) is 5.30. The number of nitrogens with zero attached hydrogens (tertiary/aromatic N) is 1. The van der Waals surface area contributed by atoms with E-state index in [4.69, 9.17) is 27.9 Å². The molecule has 0 N–H and O–H groups in total. The Bertz CT molecular complexity index is 456. The van der Waals surface area contributed by atoms with E-state index in [1.807, 2.05) is 20.8 Å². The number of halogens is 2. The molecule has 0 aliphatic carbocycles. The topological polar surface area (TPSA) is 29.5 Å². The molecule has 1 aromatic carbocycles. The van der Waals surface area contributed by atoms with Gasteiger partial charge in [0, 0.05) is 16.1 Å². The van der Waals surface area contributed by atoms with Crippen molar-refractivity contribution in [1.29, 1.82) is 0 Å². The van der Waals surface area contributed by atoms with Gasteiger partial charge in [0.2, 0.25) is 0 Å². The van der Waals surface area contributed by atoms with Gasteiger partial charge in [-0.05, 0) is 44.5 Å². The summed E-state index contributed by atoms with van der Waals surface area (Å²) in [6.07, 6.45) is -0.616. The number of cyclic esters (lactones) is 1. The molecule has 0 bridgehead atoms. The SMILES string of the molecule is CC(C)N1C(=O)O[C@H](c2cc(Cl)cc(Cl)c2)[C@H]1C. The molecule has 3 nitrogen and oxygen atoms in total. The van der Waals surface area contributed by atoms with E-state index in [2.05, 4.69) is 0 Å². The lowest BCUT2D eigenvalue weighted by molar-refractivity contribution is 0.129. The van der Waals surface area contributed by atoms with Gasteiger partial charge in [-0.3, -0.25) is 4.90 Å². The molecule has 1 aliphatic heterocycles. The van der Waals surface area contributed by atoms with E-state index < -0.39 is 0 Å². The van der Waals surface area contributed by atoms with Crippen LogP contribution >= 0.6 is 23.2 Å². The van der Waals surface area contributed by atoms with Crippen molar-refractivity contribution >= 4 is 29.3 Å². The third kappa shape index (κ3) is 2.43. The molecule has 2 atom stereocenters. The maximum atomic E-state index is 11.8. The molecular weight excluding hydrogens is 273 g/mol. The van der Waals surface area contributed by atoms with Crippen molar-refractivity contribution < 1.29 is 9.53 Å². The van der Waals surface area contributed by atoms with Crippen LogP contribution in [-0.2, 0) is 4.74 Å². The van der Waals surface area contributed by atoms with E-state index in [-0.39, 0.29) is 24.3 Å². The summed E-state index contributed by atoms with van der Waals surface area (Å²) in [5.74, 6) is 0. The Labute approximate surface area is 117 Å². The molecule has 0 spiro atoms. The number of carbonyl (C=O) groups excluding carboxylic acids is 1. The Kier molecular flexibility index (Phi) is 3.74. The van der Waals surface area contributed by atoms with Gasteiger partial charge in [0.1, 0.15) is 6.10 Å². The molecule has 0 unspecified atom stereocenters. The van der Waals surface area contributed by atoms with Gasteiger partial charge in [-0.2, -0.15) is 0 Å². The molecule has 0 aromatic heterocycles. The Morgan fingerprint density at radius 2 is 1.78 bits per heavy atom. The Hall–Kier alpha value is -0.930. The first-order valence-corrected chi connectivity index (χ1v) is 6.60. The summed E-state index contributed by atoms with van der Waals surface area (Å²) in [5, 5.41) is 1.09. The van der Waals surface area contributed by atoms with Crippen LogP contribution in [0.15, 0.2) is 18.2 Å². The van der Waals surface area contributed by atoms with Crippen LogP contribution in [0.25, 0.3) is 0 Å². The molecule has 5 heteroatoms. The normalized spacial score (nSPS) is 23.7. The lowest BCUT2D eigenvalue weighted by Gasteiger charge is -2.24. The van der Waals surface area contributed by atoms with E-state index in [0.29, 0.717) is 10.0 Å². The van der Waals surface area contributed by atoms with Crippen LogP contribution in [0.3, 0.4) is 0 Å². The number of amides is 1. The monoisotopic (exact) mass is 287 g/mol. The standard InChI is InChI=1S/C13H15Cl2NO2/c1-7(2)16-8(3)12(18-13(16)17)9-4-10(14)6-11(15)5-9/h4-8,12H,1-3H3/t8-,12+/m1/s1. The number of carbonyl (C=O) groups is 1. The summed E-state index contributed by atoms with van der Waals surface area (Å²) in [4.78, 5) is 13.5. The van der Waals surface area contributed by atoms with Crippen LogP contribution in [-0.4, -0.2) is 23.1 Å². The highest BCUT2D eigenvalue weighted by molar-refractivity contribution is 6.34. The van der Waals surface area contributed by atoms with Gasteiger partial charge in [0.25, 0.3) is 0 Å². The number of hydrogen-bond acceptors (Lipinski definition) is 2. The quantitative estimate of drug-likeness (QED) is 0.812. The molecule has 2 rings (SSSR count). The third-order valence-electron chi connectivity index (χ3n) is 3.09. The van der Waals surface area contributed by atoms with Gasteiger partial charge >= 0.3 is 6.09 Å². The van der Waals surface area contributed by atoms with Crippen molar-refractivity contribution in [3.05, 3.63) is 33.8 Å². The van der Waals surface area contributed by atoms with E-state index in [0.717, 1.165) is 5.56 Å². The Balaban J connectivity index is 2.32. The maximum absolute atomic E-state index is 11.8. The van der Waals surface area contributed by atoms with E-state index in [1.54, 1.807) is 23.1 Å². The van der Waals surface area contributed by atoms with Crippen molar-refractivity contribution in [2.75, 3.05) is 0 Å². The van der Waals surface area contributed by atoms with Gasteiger partial charge in [0.15, 0.2) is 0 Å². The highest BCUT2D eigenvalue weighted by Crippen LogP contribution is 2.35. The fraction of sp³-hybridized carbons (Fsp3) is 0.462. The van der Waals surface area contributed by atoms with Crippen LogP contribution < -0.4 is 0 Å². The molecule has 1 aliphatic rings. The van der Waals surface area contributed by atoms with Crippen LogP contribution in [0.5, 0.6) is 0 Å². The molecule has 98 valence electrons. The lowest BCUT2D eigenvalue weighted by atomic mass is 10.0. The molecular formula is C13H15Cl2NO2. The highest BCUT2D eigenvalue weighted by Gasteiger charge is 2.41. The van der Waals surface area contributed by atoms with Crippen LogP contribution in [0, 0.1) is 0 Å². The molecule has 1 aromatic rings. The minimum absolute atomic E-state index is 0.0352. The number of ether oxygens (including phenoxy) is 1. The van der Waals surface area contributed by atoms with Crippen LogP contribution in [0.1, 0.15) is 32.4 Å². The number of benzene rings is 1. The molecule has 1 fully saturated rings. The highest BCUT2D eigenvalue weighted by atomic mass is 35.5. The van der Waals surface area contributed by atoms with E-state index >= 15 is 0 Å². The van der Waals surface area contributed by atoms with Crippen molar-refractivity contribution in [2.24, 2.45) is 0 Å². The first-order valence-electron chi connectivity index (χ1n) is 5.85. The summed E-state index contributed by atoms with van der Waals surface area (Å²) >= 11 is 11.9. The fourth-order valence-corrected chi connectivity index (χ4v) is 2.89. The van der Waals surface area contributed by atoms with Gasteiger partial charge in [-0.25, -0.2) is 4.79 Å². The van der Waals surface area contributed by atoms with Gasteiger partial charge in [-0.15, -0.1) is 0 Å². The molecule has 1 heterocycles. The fourth-order valence-electron chi connectivity index (χ4n) is 2.35. The van der Waals surface area contributed by atoms with E-state index in [9.17, 15) is 4.79 Å². The van der Waals surface area contributed by atoms with Crippen LogP contribution in [0.2, 0.25) is 10.0 Å². The minimum atomic E-state index is -0.323. The number of hydrogen-bond donors (Lipinski definition) is 0. The van der Waals surface area contributed by atoms with Crippen molar-refractivity contribution in [3.8, 4) is 0 Å². The first-order chi connectivity index (χ1) is 8.40. The summed E-state index contributed by atoms with van der Waals surface area (Å²) in [6.45, 7) is 5.89. The molecule has 0 radical (unpaired) electrons.